The topological polar surface area (TPSA) is 38.8 Å². The summed E-state index contributed by atoms with van der Waals surface area (Å²) in [5.41, 5.74) is 0.566. The van der Waals surface area contributed by atoms with Crippen LogP contribution in [0.25, 0.3) is 0 Å². The average Bonchev–Trinajstić information content (AvgIpc) is 2.46. The monoisotopic (exact) mass is 343 g/mol. The van der Waals surface area contributed by atoms with Crippen LogP contribution in [0.3, 0.4) is 0 Å². The van der Waals surface area contributed by atoms with Crippen molar-refractivity contribution in [3.8, 4) is 11.5 Å². The van der Waals surface area contributed by atoms with E-state index >= 15 is 0 Å². The van der Waals surface area contributed by atoms with Gasteiger partial charge in [0, 0.05) is 24.0 Å². The molecule has 20 heavy (non-hydrogen) atoms. The molecule has 0 bridgehead atoms. The van der Waals surface area contributed by atoms with Crippen molar-refractivity contribution in [1.82, 2.24) is 4.90 Å². The van der Waals surface area contributed by atoms with E-state index in [4.69, 9.17) is 9.47 Å². The normalized spacial score (nSPS) is 10.5. The Balaban J connectivity index is 3.04. The van der Waals surface area contributed by atoms with Gasteiger partial charge in [-0.25, -0.2) is 0 Å². The van der Waals surface area contributed by atoms with E-state index in [2.05, 4.69) is 15.9 Å². The Labute approximate surface area is 129 Å². The van der Waals surface area contributed by atoms with Crippen LogP contribution in [0, 0.1) is 0 Å². The Morgan fingerprint density at radius 1 is 1.30 bits per heavy atom. The predicted octanol–water partition coefficient (Wildman–Crippen LogP) is 3.34. The highest BCUT2D eigenvalue weighted by Crippen LogP contribution is 2.26. The van der Waals surface area contributed by atoms with Gasteiger partial charge in [-0.15, -0.1) is 0 Å². The van der Waals surface area contributed by atoms with Crippen LogP contribution in [0.4, 0.5) is 0 Å². The maximum absolute atomic E-state index is 12.7. The molecule has 1 aromatic carbocycles. The largest absolute Gasteiger partial charge is 0.497 e. The number of hydrogen-bond acceptors (Lipinski definition) is 3. The van der Waals surface area contributed by atoms with E-state index in [-0.39, 0.29) is 11.9 Å². The van der Waals surface area contributed by atoms with E-state index in [1.54, 1.807) is 32.4 Å². The summed E-state index contributed by atoms with van der Waals surface area (Å²) in [5, 5.41) is 0.878. The molecule has 0 atom stereocenters. The Morgan fingerprint density at radius 3 is 2.50 bits per heavy atom. The van der Waals surface area contributed by atoms with Crippen LogP contribution in [-0.4, -0.2) is 42.9 Å². The third-order valence-electron chi connectivity index (χ3n) is 3.06. The lowest BCUT2D eigenvalue weighted by molar-refractivity contribution is 0.0703. The summed E-state index contributed by atoms with van der Waals surface area (Å²) in [7, 11) is 3.15. The van der Waals surface area contributed by atoms with Gasteiger partial charge in [-0.2, -0.15) is 0 Å². The van der Waals surface area contributed by atoms with E-state index < -0.39 is 0 Å². The molecule has 1 amide bonds. The molecule has 1 rings (SSSR count). The summed E-state index contributed by atoms with van der Waals surface area (Å²) in [6, 6.07) is 5.41. The minimum absolute atomic E-state index is 0.0135. The fraction of sp³-hybridized carbons (Fsp3) is 0.533. The van der Waals surface area contributed by atoms with Crippen molar-refractivity contribution in [2.45, 2.75) is 26.3 Å². The zero-order valence-electron chi connectivity index (χ0n) is 12.5. The molecule has 0 spiro atoms. The van der Waals surface area contributed by atoms with Crippen molar-refractivity contribution in [2.75, 3.05) is 26.1 Å². The van der Waals surface area contributed by atoms with Crippen LogP contribution in [0.15, 0.2) is 18.2 Å². The number of alkyl halides is 1. The molecule has 4 nitrogen and oxygen atoms in total. The Hall–Kier alpha value is -1.23. The van der Waals surface area contributed by atoms with Gasteiger partial charge in [-0.05, 0) is 32.4 Å². The van der Waals surface area contributed by atoms with E-state index in [9.17, 15) is 4.79 Å². The van der Waals surface area contributed by atoms with Crippen LogP contribution in [-0.2, 0) is 0 Å². The van der Waals surface area contributed by atoms with Gasteiger partial charge in [-0.1, -0.05) is 15.9 Å². The number of hydrogen-bond donors (Lipinski definition) is 0. The summed E-state index contributed by atoms with van der Waals surface area (Å²) in [5.74, 6) is 1.20. The third kappa shape index (κ3) is 4.13. The predicted molar refractivity (Wildman–Crippen MR) is 84.1 cm³/mol. The maximum Gasteiger partial charge on any atom is 0.257 e. The van der Waals surface area contributed by atoms with Crippen LogP contribution in [0.2, 0.25) is 0 Å². The second-order valence-corrected chi connectivity index (χ2v) is 5.49. The first kappa shape index (κ1) is 16.8. The second kappa shape index (κ2) is 8.15. The molecule has 0 N–H and O–H groups in total. The standard InChI is InChI=1S/C15H22BrNO3/c1-11(2)17(9-5-8-16)15(18)13-7-6-12(19-3)10-14(13)20-4/h6-7,10-11H,5,8-9H2,1-4H3. The van der Waals surface area contributed by atoms with Crippen LogP contribution < -0.4 is 9.47 Å². The Morgan fingerprint density at radius 2 is 2.00 bits per heavy atom. The molecule has 0 saturated heterocycles. The van der Waals surface area contributed by atoms with E-state index in [1.807, 2.05) is 18.7 Å². The Bertz CT molecular complexity index is 449. The van der Waals surface area contributed by atoms with Crippen molar-refractivity contribution < 1.29 is 14.3 Å². The lowest BCUT2D eigenvalue weighted by Gasteiger charge is -2.27. The SMILES string of the molecule is COc1ccc(C(=O)N(CCCBr)C(C)C)c(OC)c1. The van der Waals surface area contributed by atoms with Gasteiger partial charge in [0.15, 0.2) is 0 Å². The van der Waals surface area contributed by atoms with E-state index in [1.165, 1.54) is 0 Å². The second-order valence-electron chi connectivity index (χ2n) is 4.70. The quantitative estimate of drug-likeness (QED) is 0.712. The molecule has 112 valence electrons. The summed E-state index contributed by atoms with van der Waals surface area (Å²) >= 11 is 3.40. The van der Waals surface area contributed by atoms with E-state index in [0.717, 1.165) is 18.3 Å². The molecule has 0 heterocycles. The summed E-state index contributed by atoms with van der Waals surface area (Å²) in [6.45, 7) is 4.75. The van der Waals surface area contributed by atoms with Crippen molar-refractivity contribution in [3.63, 3.8) is 0 Å². The van der Waals surface area contributed by atoms with Crippen molar-refractivity contribution in [1.29, 1.82) is 0 Å². The first-order valence-corrected chi connectivity index (χ1v) is 7.76. The van der Waals surface area contributed by atoms with E-state index in [0.29, 0.717) is 17.1 Å². The number of carbonyl (C=O) groups is 1. The smallest absolute Gasteiger partial charge is 0.257 e. The number of rotatable bonds is 7. The van der Waals surface area contributed by atoms with Crippen molar-refractivity contribution in [2.24, 2.45) is 0 Å². The number of methoxy groups -OCH3 is 2. The Kier molecular flexibility index (Phi) is 6.85. The highest BCUT2D eigenvalue weighted by Gasteiger charge is 2.21. The molecular weight excluding hydrogens is 322 g/mol. The summed E-state index contributed by atoms with van der Waals surface area (Å²) in [6.07, 6.45) is 0.919. The van der Waals surface area contributed by atoms with Gasteiger partial charge >= 0.3 is 0 Å². The molecule has 0 aliphatic heterocycles. The van der Waals surface area contributed by atoms with Crippen LogP contribution in [0.1, 0.15) is 30.6 Å². The van der Waals surface area contributed by atoms with Gasteiger partial charge in [0.2, 0.25) is 0 Å². The minimum Gasteiger partial charge on any atom is -0.497 e. The molecule has 1 aromatic rings. The van der Waals surface area contributed by atoms with Gasteiger partial charge < -0.3 is 14.4 Å². The molecule has 0 radical (unpaired) electrons. The van der Waals surface area contributed by atoms with Crippen molar-refractivity contribution >= 4 is 21.8 Å². The lowest BCUT2D eigenvalue weighted by Crippen LogP contribution is -2.38. The molecule has 0 saturated carbocycles. The molecule has 0 aromatic heterocycles. The molecule has 0 unspecified atom stereocenters. The van der Waals surface area contributed by atoms with Crippen molar-refractivity contribution in [3.05, 3.63) is 23.8 Å². The first-order chi connectivity index (χ1) is 9.54. The lowest BCUT2D eigenvalue weighted by atomic mass is 10.1. The number of nitrogens with zero attached hydrogens (tertiary/aromatic N) is 1. The minimum atomic E-state index is -0.0135. The fourth-order valence-electron chi connectivity index (χ4n) is 1.95. The number of ether oxygens (including phenoxy) is 2. The van der Waals surface area contributed by atoms with Gasteiger partial charge in [0.25, 0.3) is 5.91 Å². The first-order valence-electron chi connectivity index (χ1n) is 6.64. The summed E-state index contributed by atoms with van der Waals surface area (Å²) in [4.78, 5) is 14.5. The van der Waals surface area contributed by atoms with Crippen LogP contribution in [0.5, 0.6) is 11.5 Å². The summed E-state index contributed by atoms with van der Waals surface area (Å²) < 4.78 is 10.5. The highest BCUT2D eigenvalue weighted by molar-refractivity contribution is 9.09. The zero-order valence-corrected chi connectivity index (χ0v) is 14.1. The van der Waals surface area contributed by atoms with Crippen LogP contribution >= 0.6 is 15.9 Å². The number of benzene rings is 1. The number of carbonyl (C=O) groups excluding carboxylic acids is 1. The fourth-order valence-corrected chi connectivity index (χ4v) is 2.21. The van der Waals surface area contributed by atoms with Gasteiger partial charge in [0.05, 0.1) is 19.8 Å². The average molecular weight is 344 g/mol. The highest BCUT2D eigenvalue weighted by atomic mass is 79.9. The third-order valence-corrected chi connectivity index (χ3v) is 3.62. The van der Waals surface area contributed by atoms with Gasteiger partial charge in [-0.3, -0.25) is 4.79 Å². The molecule has 0 fully saturated rings. The zero-order chi connectivity index (χ0) is 15.1. The molecule has 0 aliphatic rings. The molecule has 5 heteroatoms. The molecular formula is C15H22BrNO3. The maximum atomic E-state index is 12.7. The number of halogens is 1. The number of amides is 1. The molecule has 0 aliphatic carbocycles. The van der Waals surface area contributed by atoms with Gasteiger partial charge in [0.1, 0.15) is 11.5 Å².